The summed E-state index contributed by atoms with van der Waals surface area (Å²) in [6.07, 6.45) is 5.99. The Bertz CT molecular complexity index is 805. The van der Waals surface area contributed by atoms with Gasteiger partial charge in [-0.05, 0) is 56.5 Å². The van der Waals surface area contributed by atoms with E-state index in [1.54, 1.807) is 23.9 Å². The summed E-state index contributed by atoms with van der Waals surface area (Å²) in [6.45, 7) is 7.74. The van der Waals surface area contributed by atoms with Crippen LogP contribution in [0.5, 0.6) is 0 Å². The average molecular weight is 558 g/mol. The molecule has 1 aromatic carbocycles. The molecule has 1 fully saturated rings. The maximum atomic E-state index is 13.1. The molecule has 32 heavy (non-hydrogen) atoms. The second-order valence-corrected chi connectivity index (χ2v) is 7.85. The predicted molar refractivity (Wildman–Crippen MR) is 138 cm³/mol. The number of aromatic nitrogens is 2. The fourth-order valence-corrected chi connectivity index (χ4v) is 3.76. The summed E-state index contributed by atoms with van der Waals surface area (Å²) in [5.74, 6) is 0.629. The molecule has 9 heteroatoms. The number of ether oxygens (including phenoxy) is 1. The Morgan fingerprint density at radius 3 is 2.66 bits per heavy atom. The molecule has 1 aliphatic heterocycles. The van der Waals surface area contributed by atoms with Gasteiger partial charge in [0.25, 0.3) is 0 Å². The highest BCUT2D eigenvalue weighted by molar-refractivity contribution is 14.0. The topological polar surface area (TPSA) is 66.7 Å². The minimum Gasteiger partial charge on any atom is -0.385 e. The van der Waals surface area contributed by atoms with Gasteiger partial charge in [-0.1, -0.05) is 0 Å². The van der Waals surface area contributed by atoms with Crippen LogP contribution in [0.3, 0.4) is 0 Å². The first kappa shape index (κ1) is 26.5. The Labute approximate surface area is 207 Å². The molecule has 1 saturated heterocycles. The van der Waals surface area contributed by atoms with E-state index in [1.165, 1.54) is 12.1 Å². The van der Waals surface area contributed by atoms with Crippen LogP contribution < -0.4 is 10.6 Å². The number of methoxy groups -OCH3 is 1. The summed E-state index contributed by atoms with van der Waals surface area (Å²) >= 11 is 0. The van der Waals surface area contributed by atoms with Crippen molar-refractivity contribution in [1.29, 1.82) is 0 Å². The van der Waals surface area contributed by atoms with Crippen molar-refractivity contribution in [3.8, 4) is 5.69 Å². The van der Waals surface area contributed by atoms with Crippen molar-refractivity contribution < 1.29 is 9.13 Å². The zero-order valence-electron chi connectivity index (χ0n) is 19.1. The quantitative estimate of drug-likeness (QED) is 0.203. The van der Waals surface area contributed by atoms with Crippen LogP contribution in [-0.4, -0.2) is 73.1 Å². The predicted octanol–water partition coefficient (Wildman–Crippen LogP) is 3.23. The zero-order valence-corrected chi connectivity index (χ0v) is 21.4. The summed E-state index contributed by atoms with van der Waals surface area (Å²) in [5.41, 5.74) is 1.81. The first-order valence-electron chi connectivity index (χ1n) is 11.2. The number of benzene rings is 1. The highest BCUT2D eigenvalue weighted by Crippen LogP contribution is 2.11. The molecule has 0 amide bonds. The molecular weight excluding hydrogens is 522 g/mol. The number of nitrogens with one attached hydrogen (secondary N) is 2. The molecule has 1 aliphatic rings. The lowest BCUT2D eigenvalue weighted by Gasteiger charge is -2.33. The number of guanidine groups is 1. The van der Waals surface area contributed by atoms with Gasteiger partial charge >= 0.3 is 0 Å². The van der Waals surface area contributed by atoms with Crippen molar-refractivity contribution in [3.63, 3.8) is 0 Å². The number of halogens is 2. The van der Waals surface area contributed by atoms with Gasteiger partial charge in [0.05, 0.1) is 11.4 Å². The first-order chi connectivity index (χ1) is 15.2. The zero-order chi connectivity index (χ0) is 21.9. The van der Waals surface area contributed by atoms with Crippen molar-refractivity contribution in [2.75, 3.05) is 46.4 Å². The van der Waals surface area contributed by atoms with Crippen LogP contribution in [0.25, 0.3) is 5.69 Å². The van der Waals surface area contributed by atoms with Gasteiger partial charge in [-0.25, -0.2) is 9.07 Å². The van der Waals surface area contributed by atoms with Gasteiger partial charge < -0.3 is 20.3 Å². The van der Waals surface area contributed by atoms with Gasteiger partial charge in [-0.15, -0.1) is 24.0 Å². The molecular formula is C23H36FIN6O. The molecule has 2 aromatic rings. The van der Waals surface area contributed by atoms with Crippen molar-refractivity contribution in [3.05, 3.63) is 48.0 Å². The molecule has 0 radical (unpaired) electrons. The number of likely N-dealkylation sites (tertiary alicyclic amines) is 1. The average Bonchev–Trinajstić information content (AvgIpc) is 3.25. The van der Waals surface area contributed by atoms with E-state index in [4.69, 9.17) is 9.73 Å². The molecule has 0 atom stereocenters. The maximum Gasteiger partial charge on any atom is 0.191 e. The lowest BCUT2D eigenvalue weighted by atomic mass is 10.1. The van der Waals surface area contributed by atoms with Crippen molar-refractivity contribution in [2.24, 2.45) is 4.99 Å². The summed E-state index contributed by atoms with van der Waals surface area (Å²) in [4.78, 5) is 7.25. The number of rotatable bonds is 10. The highest BCUT2D eigenvalue weighted by atomic mass is 127. The molecule has 3 rings (SSSR count). The fraction of sp³-hybridized carbons (Fsp3) is 0.565. The Balaban J connectivity index is 0.00000363. The standard InChI is InChI=1S/C23H35FN6O.HI/c1-3-25-23(27-20-10-15-29(16-11-20)14-4-18-31-2)26-13-9-21-12-17-30(28-21)22-7-5-19(24)6-8-22;/h5-8,12,17,20H,3-4,9-11,13-16,18H2,1-2H3,(H2,25,26,27);1H. The van der Waals surface area contributed by atoms with Crippen molar-refractivity contribution in [2.45, 2.75) is 38.6 Å². The third-order valence-electron chi connectivity index (χ3n) is 5.47. The van der Waals surface area contributed by atoms with E-state index < -0.39 is 0 Å². The lowest BCUT2D eigenvalue weighted by Crippen LogP contribution is -2.49. The second kappa shape index (κ2) is 14.4. The number of aliphatic imine (C=N–C) groups is 1. The van der Waals surface area contributed by atoms with Crippen molar-refractivity contribution in [1.82, 2.24) is 25.3 Å². The highest BCUT2D eigenvalue weighted by Gasteiger charge is 2.19. The third-order valence-corrected chi connectivity index (χ3v) is 5.47. The van der Waals surface area contributed by atoms with Crippen LogP contribution in [0.15, 0.2) is 41.5 Å². The summed E-state index contributed by atoms with van der Waals surface area (Å²) in [7, 11) is 1.76. The summed E-state index contributed by atoms with van der Waals surface area (Å²) in [5, 5.41) is 11.5. The molecule has 2 heterocycles. The largest absolute Gasteiger partial charge is 0.385 e. The molecule has 1 aromatic heterocycles. The summed E-state index contributed by atoms with van der Waals surface area (Å²) in [6, 6.07) is 8.77. The maximum absolute atomic E-state index is 13.1. The Hall–Kier alpha value is -1.72. The van der Waals surface area contributed by atoms with Gasteiger partial charge in [0, 0.05) is 65.1 Å². The van der Waals surface area contributed by atoms with E-state index in [9.17, 15) is 4.39 Å². The van der Waals surface area contributed by atoms with E-state index >= 15 is 0 Å². The molecule has 0 aliphatic carbocycles. The second-order valence-electron chi connectivity index (χ2n) is 7.85. The smallest absolute Gasteiger partial charge is 0.191 e. The molecule has 0 unspecified atom stereocenters. The number of hydrogen-bond donors (Lipinski definition) is 2. The molecule has 178 valence electrons. The van der Waals surface area contributed by atoms with E-state index in [0.29, 0.717) is 12.6 Å². The molecule has 0 spiro atoms. The number of hydrogen-bond acceptors (Lipinski definition) is 4. The Morgan fingerprint density at radius 1 is 1.22 bits per heavy atom. The van der Waals surface area contributed by atoms with Gasteiger partial charge in [0.2, 0.25) is 0 Å². The van der Waals surface area contributed by atoms with Crippen molar-refractivity contribution >= 4 is 29.9 Å². The number of piperidine rings is 1. The number of nitrogens with zero attached hydrogens (tertiary/aromatic N) is 4. The normalized spacial score (nSPS) is 15.4. The Morgan fingerprint density at radius 2 is 1.97 bits per heavy atom. The van der Waals surface area contributed by atoms with Gasteiger partial charge in [0.15, 0.2) is 5.96 Å². The molecule has 0 saturated carbocycles. The lowest BCUT2D eigenvalue weighted by molar-refractivity contribution is 0.155. The van der Waals surface area contributed by atoms with E-state index in [-0.39, 0.29) is 29.8 Å². The van der Waals surface area contributed by atoms with E-state index in [0.717, 1.165) is 75.8 Å². The van der Waals surface area contributed by atoms with E-state index in [2.05, 4.69) is 27.6 Å². The van der Waals surface area contributed by atoms with Gasteiger partial charge in [-0.2, -0.15) is 5.10 Å². The molecule has 2 N–H and O–H groups in total. The third kappa shape index (κ3) is 8.67. The van der Waals surface area contributed by atoms with Gasteiger partial charge in [-0.3, -0.25) is 4.99 Å². The van der Waals surface area contributed by atoms with Crippen LogP contribution in [0.4, 0.5) is 4.39 Å². The van der Waals surface area contributed by atoms with Crippen LogP contribution in [0, 0.1) is 5.82 Å². The van der Waals surface area contributed by atoms with E-state index in [1.807, 2.05) is 12.3 Å². The fourth-order valence-electron chi connectivity index (χ4n) is 3.76. The molecule has 7 nitrogen and oxygen atoms in total. The van der Waals surface area contributed by atoms with Crippen LogP contribution in [0.2, 0.25) is 0 Å². The van der Waals surface area contributed by atoms with Crippen LogP contribution in [0.1, 0.15) is 31.9 Å². The minimum absolute atomic E-state index is 0. The molecule has 0 bridgehead atoms. The Kier molecular flexibility index (Phi) is 12.0. The SMILES string of the molecule is CCNC(=NCCc1ccn(-c2ccc(F)cc2)n1)NC1CCN(CCCOC)CC1.I. The first-order valence-corrected chi connectivity index (χ1v) is 11.2. The summed E-state index contributed by atoms with van der Waals surface area (Å²) < 4.78 is 20.0. The minimum atomic E-state index is -0.245. The van der Waals surface area contributed by atoms with Gasteiger partial charge in [0.1, 0.15) is 5.82 Å². The van der Waals surface area contributed by atoms with Crippen LogP contribution >= 0.6 is 24.0 Å². The monoisotopic (exact) mass is 558 g/mol. The van der Waals surface area contributed by atoms with Crippen LogP contribution in [-0.2, 0) is 11.2 Å².